The van der Waals surface area contributed by atoms with Gasteiger partial charge in [0.1, 0.15) is 0 Å². The lowest BCUT2D eigenvalue weighted by Gasteiger charge is -2.27. The molecule has 4 rings (SSSR count). The minimum atomic E-state index is 0.459. The summed E-state index contributed by atoms with van der Waals surface area (Å²) in [5.74, 6) is 1.93. The van der Waals surface area contributed by atoms with Gasteiger partial charge < -0.3 is 20.3 Å². The number of ether oxygens (including phenoxy) is 1. The van der Waals surface area contributed by atoms with E-state index in [1.54, 1.807) is 0 Å². The van der Waals surface area contributed by atoms with Gasteiger partial charge in [-0.3, -0.25) is 0 Å². The maximum atomic E-state index is 5.45. The zero-order valence-electron chi connectivity index (χ0n) is 14.6. The van der Waals surface area contributed by atoms with Gasteiger partial charge in [-0.15, -0.1) is 0 Å². The summed E-state index contributed by atoms with van der Waals surface area (Å²) in [6.07, 6.45) is 4.90. The molecule has 2 fully saturated rings. The Hall–Kier alpha value is -1.68. The third-order valence-electron chi connectivity index (χ3n) is 4.71. The highest BCUT2D eigenvalue weighted by atomic mass is 127. The number of anilines is 4. The molecule has 138 valence electrons. The Morgan fingerprint density at radius 3 is 2.38 bits per heavy atom. The second-order valence-corrected chi connectivity index (χ2v) is 7.89. The fourth-order valence-electron chi connectivity index (χ4n) is 3.31. The second kappa shape index (κ2) is 8.34. The van der Waals surface area contributed by atoms with Crippen molar-refractivity contribution in [1.29, 1.82) is 0 Å². The number of nitrogens with one attached hydrogen (secondary N) is 2. The molecule has 2 heterocycles. The molecule has 7 nitrogen and oxygen atoms in total. The van der Waals surface area contributed by atoms with Crippen molar-refractivity contribution >= 4 is 46.1 Å². The zero-order valence-corrected chi connectivity index (χ0v) is 16.8. The molecule has 1 aliphatic carbocycles. The number of halogens is 1. The fourth-order valence-corrected chi connectivity index (χ4v) is 3.66. The highest BCUT2D eigenvalue weighted by Crippen LogP contribution is 2.23. The van der Waals surface area contributed by atoms with Gasteiger partial charge in [0.25, 0.3) is 0 Å². The molecule has 1 saturated carbocycles. The van der Waals surface area contributed by atoms with Gasteiger partial charge in [0.2, 0.25) is 17.8 Å². The van der Waals surface area contributed by atoms with Crippen molar-refractivity contribution in [2.45, 2.75) is 31.7 Å². The van der Waals surface area contributed by atoms with E-state index in [1.807, 2.05) is 12.1 Å². The van der Waals surface area contributed by atoms with Crippen LogP contribution in [0.3, 0.4) is 0 Å². The zero-order chi connectivity index (χ0) is 17.8. The van der Waals surface area contributed by atoms with E-state index in [4.69, 9.17) is 4.74 Å². The third kappa shape index (κ3) is 4.53. The van der Waals surface area contributed by atoms with E-state index in [0.717, 1.165) is 18.8 Å². The van der Waals surface area contributed by atoms with Crippen LogP contribution in [0.2, 0.25) is 0 Å². The Morgan fingerprint density at radius 1 is 0.962 bits per heavy atom. The van der Waals surface area contributed by atoms with Crippen LogP contribution >= 0.6 is 22.6 Å². The van der Waals surface area contributed by atoms with E-state index < -0.39 is 0 Å². The molecule has 2 aromatic rings. The van der Waals surface area contributed by atoms with Crippen molar-refractivity contribution in [3.8, 4) is 0 Å². The van der Waals surface area contributed by atoms with Crippen molar-refractivity contribution in [2.24, 2.45) is 0 Å². The maximum Gasteiger partial charge on any atom is 0.233 e. The van der Waals surface area contributed by atoms with Gasteiger partial charge in [0.05, 0.1) is 13.2 Å². The van der Waals surface area contributed by atoms with Crippen molar-refractivity contribution in [1.82, 2.24) is 15.0 Å². The van der Waals surface area contributed by atoms with Gasteiger partial charge in [-0.25, -0.2) is 0 Å². The molecule has 26 heavy (non-hydrogen) atoms. The van der Waals surface area contributed by atoms with Crippen LogP contribution < -0.4 is 15.5 Å². The van der Waals surface area contributed by atoms with E-state index >= 15 is 0 Å². The van der Waals surface area contributed by atoms with E-state index in [9.17, 15) is 0 Å². The number of aromatic nitrogens is 3. The molecule has 1 saturated heterocycles. The smallest absolute Gasteiger partial charge is 0.233 e. The van der Waals surface area contributed by atoms with Crippen LogP contribution in [-0.4, -0.2) is 47.3 Å². The Labute approximate surface area is 167 Å². The van der Waals surface area contributed by atoms with Crippen LogP contribution in [0.4, 0.5) is 23.5 Å². The van der Waals surface area contributed by atoms with Crippen LogP contribution in [0.5, 0.6) is 0 Å². The summed E-state index contributed by atoms with van der Waals surface area (Å²) in [4.78, 5) is 16.1. The lowest BCUT2D eigenvalue weighted by molar-refractivity contribution is 0.122. The number of hydrogen-bond acceptors (Lipinski definition) is 7. The van der Waals surface area contributed by atoms with E-state index in [1.165, 1.54) is 29.3 Å². The molecular formula is C18H23IN6O. The van der Waals surface area contributed by atoms with E-state index in [0.29, 0.717) is 37.1 Å². The first kappa shape index (κ1) is 17.7. The molecule has 1 aromatic heterocycles. The SMILES string of the molecule is Ic1ccc(Nc2nc(NC3CCCC3)nc(N3CCOCC3)n2)cc1. The fraction of sp³-hybridized carbons (Fsp3) is 0.500. The first-order valence-electron chi connectivity index (χ1n) is 9.14. The first-order valence-corrected chi connectivity index (χ1v) is 10.2. The summed E-state index contributed by atoms with van der Waals surface area (Å²) in [6, 6.07) is 8.64. The van der Waals surface area contributed by atoms with Crippen molar-refractivity contribution < 1.29 is 4.74 Å². The molecular weight excluding hydrogens is 443 g/mol. The minimum Gasteiger partial charge on any atom is -0.378 e. The molecule has 0 atom stereocenters. The molecule has 0 spiro atoms. The first-order chi connectivity index (χ1) is 12.8. The van der Waals surface area contributed by atoms with Crippen molar-refractivity contribution in [3.05, 3.63) is 27.8 Å². The largest absolute Gasteiger partial charge is 0.378 e. The standard InChI is InChI=1S/C18H23IN6O/c19-13-5-7-15(8-6-13)21-17-22-16(20-14-3-1-2-4-14)23-18(24-17)25-9-11-26-12-10-25/h5-8,14H,1-4,9-12H2,(H2,20,21,22,23,24). The predicted molar refractivity (Wildman–Crippen MR) is 111 cm³/mol. The lowest BCUT2D eigenvalue weighted by Crippen LogP contribution is -2.37. The number of benzene rings is 1. The van der Waals surface area contributed by atoms with Gasteiger partial charge in [-0.1, -0.05) is 12.8 Å². The second-order valence-electron chi connectivity index (χ2n) is 6.64. The third-order valence-corrected chi connectivity index (χ3v) is 5.43. The molecule has 1 aromatic carbocycles. The number of morpholine rings is 1. The van der Waals surface area contributed by atoms with Gasteiger partial charge >= 0.3 is 0 Å². The van der Waals surface area contributed by atoms with Crippen molar-refractivity contribution in [3.63, 3.8) is 0 Å². The molecule has 0 bridgehead atoms. The number of rotatable bonds is 5. The highest BCUT2D eigenvalue weighted by molar-refractivity contribution is 14.1. The highest BCUT2D eigenvalue weighted by Gasteiger charge is 2.20. The molecule has 0 unspecified atom stereocenters. The molecule has 2 aliphatic rings. The van der Waals surface area contributed by atoms with Crippen LogP contribution in [0, 0.1) is 3.57 Å². The minimum absolute atomic E-state index is 0.459. The summed E-state index contributed by atoms with van der Waals surface area (Å²) < 4.78 is 6.65. The van der Waals surface area contributed by atoms with E-state index in [2.05, 4.69) is 65.2 Å². The average molecular weight is 466 g/mol. The molecule has 8 heteroatoms. The molecule has 0 amide bonds. The van der Waals surface area contributed by atoms with E-state index in [-0.39, 0.29) is 0 Å². The summed E-state index contributed by atoms with van der Waals surface area (Å²) >= 11 is 2.30. The van der Waals surface area contributed by atoms with Gasteiger partial charge in [0, 0.05) is 28.4 Å². The monoisotopic (exact) mass is 466 g/mol. The maximum absolute atomic E-state index is 5.45. The summed E-state index contributed by atoms with van der Waals surface area (Å²) in [5, 5.41) is 6.81. The van der Waals surface area contributed by atoms with Gasteiger partial charge in [-0.2, -0.15) is 15.0 Å². The van der Waals surface area contributed by atoms with Gasteiger partial charge in [0.15, 0.2) is 0 Å². The predicted octanol–water partition coefficient (Wildman–Crippen LogP) is 3.41. The van der Waals surface area contributed by atoms with Crippen LogP contribution in [0.15, 0.2) is 24.3 Å². The summed E-state index contributed by atoms with van der Waals surface area (Å²) in [7, 11) is 0. The van der Waals surface area contributed by atoms with Gasteiger partial charge in [-0.05, 0) is 59.7 Å². The number of hydrogen-bond donors (Lipinski definition) is 2. The van der Waals surface area contributed by atoms with Crippen LogP contribution in [0.25, 0.3) is 0 Å². The quantitative estimate of drug-likeness (QED) is 0.655. The Bertz CT molecular complexity index is 729. The topological polar surface area (TPSA) is 75.2 Å². The van der Waals surface area contributed by atoms with Crippen molar-refractivity contribution in [2.75, 3.05) is 41.8 Å². The molecule has 0 radical (unpaired) electrons. The Morgan fingerprint density at radius 2 is 1.65 bits per heavy atom. The summed E-state index contributed by atoms with van der Waals surface area (Å²) in [6.45, 7) is 3.01. The molecule has 1 aliphatic heterocycles. The summed E-state index contributed by atoms with van der Waals surface area (Å²) in [5.41, 5.74) is 0.969. The molecule has 2 N–H and O–H groups in total. The number of nitrogens with zero attached hydrogens (tertiary/aromatic N) is 4. The lowest BCUT2D eigenvalue weighted by atomic mass is 10.2. The van der Waals surface area contributed by atoms with Crippen LogP contribution in [0.1, 0.15) is 25.7 Å². The Balaban J connectivity index is 1.58. The average Bonchev–Trinajstić information content (AvgIpc) is 3.17. The van der Waals surface area contributed by atoms with Crippen LogP contribution in [-0.2, 0) is 4.74 Å². The normalized spacial score (nSPS) is 18.1. The Kier molecular flexibility index (Phi) is 5.68.